The van der Waals surface area contributed by atoms with Crippen molar-refractivity contribution < 1.29 is 9.84 Å². The first-order chi connectivity index (χ1) is 7.45. The number of hydrogen-bond donors (Lipinski definition) is 1. The van der Waals surface area contributed by atoms with Gasteiger partial charge in [-0.1, -0.05) is 18.2 Å². The number of likely N-dealkylation sites (N-methyl/N-ethyl adjacent to an activating group) is 1. The van der Waals surface area contributed by atoms with E-state index in [1.54, 1.807) is 7.11 Å². The molecule has 0 aliphatic rings. The zero-order valence-corrected chi connectivity index (χ0v) is 11.2. The van der Waals surface area contributed by atoms with Crippen molar-refractivity contribution >= 4 is 0 Å². The molecule has 94 valence electrons. The van der Waals surface area contributed by atoms with Crippen LogP contribution in [-0.4, -0.2) is 43.9 Å². The summed E-state index contributed by atoms with van der Waals surface area (Å²) in [6, 6.07) is -0.0497. The Bertz CT molecular complexity index is 246. The van der Waals surface area contributed by atoms with Gasteiger partial charge in [0.2, 0.25) is 0 Å². The van der Waals surface area contributed by atoms with Gasteiger partial charge in [-0.05, 0) is 34.4 Å². The van der Waals surface area contributed by atoms with Crippen molar-refractivity contribution in [1.29, 1.82) is 0 Å². The quantitative estimate of drug-likeness (QED) is 0.536. The normalized spacial score (nSPS) is 16.2. The molecule has 16 heavy (non-hydrogen) atoms. The highest BCUT2D eigenvalue weighted by Gasteiger charge is 2.26. The van der Waals surface area contributed by atoms with Gasteiger partial charge in [0.25, 0.3) is 0 Å². The number of rotatable bonds is 7. The van der Waals surface area contributed by atoms with E-state index in [1.165, 1.54) is 5.57 Å². The van der Waals surface area contributed by atoms with Crippen molar-refractivity contribution in [3.05, 3.63) is 24.0 Å². The minimum absolute atomic E-state index is 0.0497. The number of methoxy groups -OCH3 is 1. The molecule has 3 nitrogen and oxygen atoms in total. The summed E-state index contributed by atoms with van der Waals surface area (Å²) in [5, 5.41) is 9.69. The van der Waals surface area contributed by atoms with Gasteiger partial charge in [-0.15, -0.1) is 0 Å². The van der Waals surface area contributed by atoms with Crippen molar-refractivity contribution in [2.75, 3.05) is 27.8 Å². The fourth-order valence-electron chi connectivity index (χ4n) is 1.98. The molecule has 0 fully saturated rings. The van der Waals surface area contributed by atoms with Crippen LogP contribution in [0.4, 0.5) is 0 Å². The summed E-state index contributed by atoms with van der Waals surface area (Å²) < 4.78 is 5.12. The number of allylic oxidation sites excluding steroid dienone is 1. The molecule has 0 amide bonds. The number of aliphatic hydroxyl groups is 1. The first-order valence-corrected chi connectivity index (χ1v) is 5.61. The molecular weight excluding hydrogens is 202 g/mol. The molecule has 0 saturated heterocycles. The molecule has 0 aromatic rings. The third-order valence-electron chi connectivity index (χ3n) is 2.95. The zero-order chi connectivity index (χ0) is 12.7. The van der Waals surface area contributed by atoms with E-state index >= 15 is 0 Å². The average Bonchev–Trinajstić information content (AvgIpc) is 2.21. The number of ether oxygens (including phenoxy) is 1. The van der Waals surface area contributed by atoms with Crippen LogP contribution in [0.1, 0.15) is 20.3 Å². The van der Waals surface area contributed by atoms with Crippen LogP contribution in [0.25, 0.3) is 0 Å². The summed E-state index contributed by atoms with van der Waals surface area (Å²) in [4.78, 5) is 2.00. The Balaban J connectivity index is 4.89. The summed E-state index contributed by atoms with van der Waals surface area (Å²) in [6.07, 6.45) is 2.97. The van der Waals surface area contributed by atoms with Crippen LogP contribution in [0.3, 0.4) is 0 Å². The van der Waals surface area contributed by atoms with Gasteiger partial charge in [0.05, 0.1) is 6.04 Å². The molecule has 0 aromatic carbocycles. The second-order valence-corrected chi connectivity index (χ2v) is 4.32. The van der Waals surface area contributed by atoms with Gasteiger partial charge in [0.15, 0.2) is 0 Å². The maximum atomic E-state index is 9.69. The Labute approximate surface area is 99.4 Å². The lowest BCUT2D eigenvalue weighted by Crippen LogP contribution is -2.38. The monoisotopic (exact) mass is 227 g/mol. The molecule has 1 N–H and O–H groups in total. The molecule has 0 radical (unpaired) electrons. The maximum Gasteiger partial charge on any atom is 0.103 e. The fraction of sp³-hybridized carbons (Fsp3) is 0.692. The summed E-state index contributed by atoms with van der Waals surface area (Å²) in [5.74, 6) is 0.463. The van der Waals surface area contributed by atoms with Gasteiger partial charge in [0, 0.05) is 19.6 Å². The van der Waals surface area contributed by atoms with E-state index in [4.69, 9.17) is 4.74 Å². The molecule has 0 saturated carbocycles. The Morgan fingerprint density at radius 2 is 2.06 bits per heavy atom. The van der Waals surface area contributed by atoms with E-state index < -0.39 is 0 Å². The molecule has 0 bridgehead atoms. The number of nitrogens with zero attached hydrogens (tertiary/aromatic N) is 1. The first kappa shape index (κ1) is 15.2. The highest BCUT2D eigenvalue weighted by atomic mass is 16.5. The summed E-state index contributed by atoms with van der Waals surface area (Å²) >= 11 is 0. The number of hydrogen-bond acceptors (Lipinski definition) is 3. The molecule has 0 aromatic heterocycles. The van der Waals surface area contributed by atoms with Crippen molar-refractivity contribution in [2.24, 2.45) is 5.92 Å². The molecule has 0 rings (SSSR count). The summed E-state index contributed by atoms with van der Waals surface area (Å²) in [7, 11) is 5.60. The predicted molar refractivity (Wildman–Crippen MR) is 68.7 cm³/mol. The van der Waals surface area contributed by atoms with Gasteiger partial charge in [0.1, 0.15) is 5.76 Å². The van der Waals surface area contributed by atoms with Crippen molar-refractivity contribution in [1.82, 2.24) is 4.90 Å². The molecule has 0 aliphatic carbocycles. The SMILES string of the molecule is C=C(O)C(C(CCOC)/C(C)=C/C)N(C)C. The molecular formula is C13H25NO2. The average molecular weight is 227 g/mol. The predicted octanol–water partition coefficient (Wildman–Crippen LogP) is 2.61. The lowest BCUT2D eigenvalue weighted by atomic mass is 9.87. The van der Waals surface area contributed by atoms with Crippen molar-refractivity contribution in [3.8, 4) is 0 Å². The van der Waals surface area contributed by atoms with Crippen LogP contribution in [0.15, 0.2) is 24.0 Å². The Kier molecular flexibility index (Phi) is 7.10. The van der Waals surface area contributed by atoms with Crippen LogP contribution in [0.2, 0.25) is 0 Å². The maximum absolute atomic E-state index is 9.69. The molecule has 0 spiro atoms. The Hall–Kier alpha value is -0.800. The van der Waals surface area contributed by atoms with E-state index in [2.05, 4.69) is 19.6 Å². The molecule has 3 heteroatoms. The molecule has 2 atom stereocenters. The highest BCUT2D eigenvalue weighted by molar-refractivity contribution is 5.12. The second-order valence-electron chi connectivity index (χ2n) is 4.32. The lowest BCUT2D eigenvalue weighted by molar-refractivity contribution is 0.143. The van der Waals surface area contributed by atoms with Gasteiger partial charge < -0.3 is 9.84 Å². The van der Waals surface area contributed by atoms with Crippen LogP contribution in [0, 0.1) is 5.92 Å². The van der Waals surface area contributed by atoms with Crippen LogP contribution in [-0.2, 0) is 4.74 Å². The summed E-state index contributed by atoms with van der Waals surface area (Å²) in [6.45, 7) is 8.46. The molecule has 0 aliphatic heterocycles. The van der Waals surface area contributed by atoms with E-state index in [0.717, 1.165) is 6.42 Å². The van der Waals surface area contributed by atoms with Crippen LogP contribution >= 0.6 is 0 Å². The van der Waals surface area contributed by atoms with Crippen LogP contribution < -0.4 is 0 Å². The van der Waals surface area contributed by atoms with Gasteiger partial charge in [-0.25, -0.2) is 0 Å². The van der Waals surface area contributed by atoms with Gasteiger partial charge >= 0.3 is 0 Å². The first-order valence-electron chi connectivity index (χ1n) is 5.61. The van der Waals surface area contributed by atoms with E-state index in [9.17, 15) is 5.11 Å². The van der Waals surface area contributed by atoms with Crippen molar-refractivity contribution in [2.45, 2.75) is 26.3 Å². The highest BCUT2D eigenvalue weighted by Crippen LogP contribution is 2.25. The Morgan fingerprint density at radius 3 is 2.38 bits per heavy atom. The minimum atomic E-state index is -0.0497. The topological polar surface area (TPSA) is 32.7 Å². The second kappa shape index (κ2) is 7.47. The smallest absolute Gasteiger partial charge is 0.103 e. The minimum Gasteiger partial charge on any atom is -0.511 e. The largest absolute Gasteiger partial charge is 0.511 e. The lowest BCUT2D eigenvalue weighted by Gasteiger charge is -2.32. The third-order valence-corrected chi connectivity index (χ3v) is 2.95. The zero-order valence-electron chi connectivity index (χ0n) is 11.2. The number of aliphatic hydroxyl groups excluding tert-OH is 1. The van der Waals surface area contributed by atoms with Gasteiger partial charge in [-0.3, -0.25) is 4.90 Å². The Morgan fingerprint density at radius 1 is 1.50 bits per heavy atom. The van der Waals surface area contributed by atoms with E-state index in [0.29, 0.717) is 6.61 Å². The van der Waals surface area contributed by atoms with E-state index in [-0.39, 0.29) is 17.7 Å². The standard InChI is InChI=1S/C13H25NO2/c1-7-10(2)12(8-9-16-6)13(11(3)15)14(4)5/h7,12-13,15H,3,8-9H2,1-2,4-6H3/b10-7+. The van der Waals surface area contributed by atoms with Gasteiger partial charge in [-0.2, -0.15) is 0 Å². The molecule has 0 heterocycles. The van der Waals surface area contributed by atoms with E-state index in [1.807, 2.05) is 25.9 Å². The van der Waals surface area contributed by atoms with Crippen molar-refractivity contribution in [3.63, 3.8) is 0 Å². The van der Waals surface area contributed by atoms with Crippen LogP contribution in [0.5, 0.6) is 0 Å². The molecule has 2 unspecified atom stereocenters. The summed E-state index contributed by atoms with van der Waals surface area (Å²) in [5.41, 5.74) is 1.26. The third kappa shape index (κ3) is 4.37. The fourth-order valence-corrected chi connectivity index (χ4v) is 1.98.